The van der Waals surface area contributed by atoms with Crippen molar-refractivity contribution >= 4 is 17.9 Å². The van der Waals surface area contributed by atoms with Gasteiger partial charge >= 0.3 is 17.9 Å². The van der Waals surface area contributed by atoms with Gasteiger partial charge in [0.05, 0.1) is 0 Å². The number of carbonyl (C=O) groups excluding carboxylic acids is 3. The van der Waals surface area contributed by atoms with Gasteiger partial charge in [-0.05, 0) is 51.4 Å². The van der Waals surface area contributed by atoms with E-state index in [0.29, 0.717) is 19.3 Å². The molecule has 1 unspecified atom stereocenters. The summed E-state index contributed by atoms with van der Waals surface area (Å²) >= 11 is 0. The second kappa shape index (κ2) is 51.5. The van der Waals surface area contributed by atoms with Crippen LogP contribution < -0.4 is 0 Å². The van der Waals surface area contributed by atoms with E-state index in [4.69, 9.17) is 14.2 Å². The molecule has 6 heteroatoms. The van der Waals surface area contributed by atoms with E-state index in [2.05, 4.69) is 45.1 Å². The first-order valence-corrected chi connectivity index (χ1v) is 27.3. The van der Waals surface area contributed by atoms with Crippen LogP contribution in [0.25, 0.3) is 0 Å². The van der Waals surface area contributed by atoms with Crippen LogP contribution in [0.3, 0.4) is 0 Å². The van der Waals surface area contributed by atoms with Crippen molar-refractivity contribution in [3.63, 3.8) is 0 Å². The fourth-order valence-corrected chi connectivity index (χ4v) is 8.06. The molecule has 0 rings (SSSR count). The largest absolute Gasteiger partial charge is 0.462 e. The molecule has 0 amide bonds. The van der Waals surface area contributed by atoms with Crippen molar-refractivity contribution in [3.05, 3.63) is 24.3 Å². The van der Waals surface area contributed by atoms with E-state index < -0.39 is 6.10 Å². The second-order valence-corrected chi connectivity index (χ2v) is 18.5. The first-order valence-electron chi connectivity index (χ1n) is 27.3. The molecule has 0 aromatic heterocycles. The predicted octanol–water partition coefficient (Wildman–Crippen LogP) is 17.9. The monoisotopic (exact) mass is 873 g/mol. The molecule has 0 saturated heterocycles. The van der Waals surface area contributed by atoms with Crippen molar-refractivity contribution in [2.24, 2.45) is 0 Å². The third-order valence-electron chi connectivity index (χ3n) is 12.2. The minimum atomic E-state index is -0.766. The lowest BCUT2D eigenvalue weighted by molar-refractivity contribution is -0.167. The average Bonchev–Trinajstić information content (AvgIpc) is 3.27. The molecule has 0 aliphatic heterocycles. The van der Waals surface area contributed by atoms with E-state index in [1.165, 1.54) is 193 Å². The zero-order valence-electron chi connectivity index (χ0n) is 41.7. The van der Waals surface area contributed by atoms with Crippen LogP contribution in [0, 0.1) is 0 Å². The Morgan fingerprint density at radius 2 is 0.581 bits per heavy atom. The Hall–Kier alpha value is -2.11. The number of unbranched alkanes of at least 4 members (excludes halogenated alkanes) is 35. The van der Waals surface area contributed by atoms with Gasteiger partial charge in [-0.25, -0.2) is 0 Å². The van der Waals surface area contributed by atoms with Gasteiger partial charge < -0.3 is 14.2 Å². The molecule has 6 nitrogen and oxygen atoms in total. The minimum absolute atomic E-state index is 0.0675. The summed E-state index contributed by atoms with van der Waals surface area (Å²) in [5.74, 6) is -0.857. The lowest BCUT2D eigenvalue weighted by Crippen LogP contribution is -2.30. The molecule has 0 aliphatic rings. The van der Waals surface area contributed by atoms with Gasteiger partial charge in [-0.1, -0.05) is 251 Å². The Labute approximate surface area is 385 Å². The van der Waals surface area contributed by atoms with E-state index in [0.717, 1.165) is 64.2 Å². The lowest BCUT2D eigenvalue weighted by atomic mass is 10.0. The van der Waals surface area contributed by atoms with Gasteiger partial charge in [0, 0.05) is 19.3 Å². The average molecular weight is 873 g/mol. The van der Waals surface area contributed by atoms with Crippen molar-refractivity contribution in [1.29, 1.82) is 0 Å². The molecule has 0 aromatic rings. The number of esters is 3. The van der Waals surface area contributed by atoms with E-state index in [1.807, 2.05) is 0 Å². The first kappa shape index (κ1) is 59.9. The van der Waals surface area contributed by atoms with Gasteiger partial charge in [0.1, 0.15) is 13.2 Å². The summed E-state index contributed by atoms with van der Waals surface area (Å²) in [5.41, 5.74) is 0. The standard InChI is InChI=1S/C56H104O6/c1-4-7-10-13-16-19-22-24-25-26-27-28-29-30-31-32-35-37-40-43-46-49-55(58)61-52-53(51-60-54(57)48-45-42-39-36-33-21-18-15-12-9-6-3)62-56(59)50-47-44-41-38-34-23-20-17-14-11-8-5-2/h22,24,26-27,53H,4-21,23,25,28-52H2,1-3H3/b24-22-,27-26-. The molecular formula is C56H104O6. The topological polar surface area (TPSA) is 78.9 Å². The third-order valence-corrected chi connectivity index (χ3v) is 12.2. The van der Waals surface area contributed by atoms with Crippen LogP contribution in [-0.4, -0.2) is 37.2 Å². The Bertz CT molecular complexity index is 1000. The lowest BCUT2D eigenvalue weighted by Gasteiger charge is -2.18. The van der Waals surface area contributed by atoms with Crippen LogP contribution in [0.1, 0.15) is 297 Å². The Kier molecular flexibility index (Phi) is 49.8. The number of carbonyl (C=O) groups is 3. The number of ether oxygens (including phenoxy) is 3. The predicted molar refractivity (Wildman–Crippen MR) is 266 cm³/mol. The third kappa shape index (κ3) is 48.9. The molecule has 0 fully saturated rings. The van der Waals surface area contributed by atoms with Crippen LogP contribution in [0.4, 0.5) is 0 Å². The molecule has 0 radical (unpaired) electrons. The van der Waals surface area contributed by atoms with Crippen molar-refractivity contribution in [2.45, 2.75) is 303 Å². The summed E-state index contributed by atoms with van der Waals surface area (Å²) < 4.78 is 16.8. The van der Waals surface area contributed by atoms with Gasteiger partial charge in [-0.15, -0.1) is 0 Å². The summed E-state index contributed by atoms with van der Waals surface area (Å²) in [6, 6.07) is 0. The summed E-state index contributed by atoms with van der Waals surface area (Å²) in [6.07, 6.45) is 58.8. The Balaban J connectivity index is 4.25. The normalized spacial score (nSPS) is 12.1. The van der Waals surface area contributed by atoms with E-state index in [1.54, 1.807) is 0 Å². The molecule has 62 heavy (non-hydrogen) atoms. The van der Waals surface area contributed by atoms with Crippen molar-refractivity contribution < 1.29 is 28.6 Å². The Morgan fingerprint density at radius 1 is 0.323 bits per heavy atom. The Morgan fingerprint density at radius 3 is 0.887 bits per heavy atom. The number of hydrogen-bond donors (Lipinski definition) is 0. The van der Waals surface area contributed by atoms with Gasteiger partial charge in [-0.2, -0.15) is 0 Å². The molecule has 0 saturated carbocycles. The van der Waals surface area contributed by atoms with E-state index in [-0.39, 0.29) is 31.1 Å². The van der Waals surface area contributed by atoms with Crippen LogP contribution in [-0.2, 0) is 28.6 Å². The van der Waals surface area contributed by atoms with E-state index >= 15 is 0 Å². The van der Waals surface area contributed by atoms with Crippen LogP contribution in [0.15, 0.2) is 24.3 Å². The minimum Gasteiger partial charge on any atom is -0.462 e. The molecule has 364 valence electrons. The summed E-state index contributed by atoms with van der Waals surface area (Å²) in [7, 11) is 0. The van der Waals surface area contributed by atoms with Gasteiger partial charge in [0.25, 0.3) is 0 Å². The number of allylic oxidation sites excluding steroid dienone is 4. The smallest absolute Gasteiger partial charge is 0.306 e. The highest BCUT2D eigenvalue weighted by Crippen LogP contribution is 2.16. The van der Waals surface area contributed by atoms with Crippen molar-refractivity contribution in [2.75, 3.05) is 13.2 Å². The highest BCUT2D eigenvalue weighted by Gasteiger charge is 2.19. The van der Waals surface area contributed by atoms with E-state index in [9.17, 15) is 14.4 Å². The first-order chi connectivity index (χ1) is 30.5. The highest BCUT2D eigenvalue weighted by atomic mass is 16.6. The van der Waals surface area contributed by atoms with Crippen LogP contribution in [0.2, 0.25) is 0 Å². The zero-order valence-corrected chi connectivity index (χ0v) is 41.7. The van der Waals surface area contributed by atoms with Gasteiger partial charge in [-0.3, -0.25) is 14.4 Å². The zero-order chi connectivity index (χ0) is 45.1. The maximum Gasteiger partial charge on any atom is 0.306 e. The van der Waals surface area contributed by atoms with Crippen LogP contribution >= 0.6 is 0 Å². The molecular weight excluding hydrogens is 769 g/mol. The molecule has 0 aromatic carbocycles. The molecule has 0 spiro atoms. The number of rotatable bonds is 50. The maximum atomic E-state index is 12.8. The molecule has 0 bridgehead atoms. The molecule has 0 N–H and O–H groups in total. The summed E-state index contributed by atoms with van der Waals surface area (Å²) in [4.78, 5) is 38.0. The molecule has 0 heterocycles. The fourth-order valence-electron chi connectivity index (χ4n) is 8.06. The molecule has 0 aliphatic carbocycles. The summed E-state index contributed by atoms with van der Waals surface area (Å²) in [5, 5.41) is 0. The van der Waals surface area contributed by atoms with Gasteiger partial charge in [0.15, 0.2) is 6.10 Å². The fraction of sp³-hybridized carbons (Fsp3) is 0.875. The van der Waals surface area contributed by atoms with Gasteiger partial charge in [0.2, 0.25) is 0 Å². The SMILES string of the molecule is CCCCCCC/C=C\C/C=C\CCCCCCCCCCCC(=O)OCC(COC(=O)CCCCCCCCCCCCC)OC(=O)CCCCCCCCCCCCCC. The van der Waals surface area contributed by atoms with Crippen molar-refractivity contribution in [1.82, 2.24) is 0 Å². The van der Waals surface area contributed by atoms with Crippen molar-refractivity contribution in [3.8, 4) is 0 Å². The quantitative estimate of drug-likeness (QED) is 0.0262. The van der Waals surface area contributed by atoms with Crippen LogP contribution in [0.5, 0.6) is 0 Å². The molecule has 1 atom stereocenters. The second-order valence-electron chi connectivity index (χ2n) is 18.5. The highest BCUT2D eigenvalue weighted by molar-refractivity contribution is 5.71. The number of hydrogen-bond acceptors (Lipinski definition) is 6. The summed E-state index contributed by atoms with van der Waals surface area (Å²) in [6.45, 7) is 6.65. The maximum absolute atomic E-state index is 12.8.